The molecule has 0 radical (unpaired) electrons. The van der Waals surface area contributed by atoms with Crippen molar-refractivity contribution in [3.63, 3.8) is 0 Å². The minimum Gasteiger partial charge on any atom is -0.468 e. The average Bonchev–Trinajstić information content (AvgIpc) is 2.95. The van der Waals surface area contributed by atoms with Crippen LogP contribution in [0.25, 0.3) is 0 Å². The van der Waals surface area contributed by atoms with E-state index in [-0.39, 0.29) is 16.8 Å². The standard InChI is InChI=1S/C14H15ClFN3O2/c1-19(2)11(12-4-3-5-21-12)8-18-14(20)10-6-9(16)7-17-13(10)15/h3-7,11H,8H2,1-2H3,(H,18,20). The number of halogens is 2. The van der Waals surface area contributed by atoms with Crippen LogP contribution < -0.4 is 5.32 Å². The number of hydrogen-bond acceptors (Lipinski definition) is 4. The minimum atomic E-state index is -0.611. The number of pyridine rings is 1. The summed E-state index contributed by atoms with van der Waals surface area (Å²) in [6.45, 7) is 0.298. The van der Waals surface area contributed by atoms with Crippen LogP contribution in [0.3, 0.4) is 0 Å². The Morgan fingerprint density at radius 2 is 2.33 bits per heavy atom. The average molecular weight is 312 g/mol. The first-order valence-corrected chi connectivity index (χ1v) is 6.66. The lowest BCUT2D eigenvalue weighted by Crippen LogP contribution is -2.34. The molecular formula is C14H15ClFN3O2. The van der Waals surface area contributed by atoms with E-state index in [1.165, 1.54) is 0 Å². The smallest absolute Gasteiger partial charge is 0.254 e. The van der Waals surface area contributed by atoms with Gasteiger partial charge in [-0.15, -0.1) is 0 Å². The number of nitrogens with one attached hydrogen (secondary N) is 1. The van der Waals surface area contributed by atoms with Gasteiger partial charge >= 0.3 is 0 Å². The molecule has 7 heteroatoms. The molecule has 0 spiro atoms. The van der Waals surface area contributed by atoms with Crippen molar-refractivity contribution >= 4 is 17.5 Å². The zero-order valence-corrected chi connectivity index (χ0v) is 12.4. The van der Waals surface area contributed by atoms with Gasteiger partial charge in [-0.25, -0.2) is 9.37 Å². The lowest BCUT2D eigenvalue weighted by atomic mass is 10.2. The van der Waals surface area contributed by atoms with Gasteiger partial charge in [0.1, 0.15) is 16.7 Å². The van der Waals surface area contributed by atoms with Crippen LogP contribution in [0.2, 0.25) is 5.15 Å². The summed E-state index contributed by atoms with van der Waals surface area (Å²) in [6, 6.07) is 4.53. The second-order valence-electron chi connectivity index (χ2n) is 4.70. The summed E-state index contributed by atoms with van der Waals surface area (Å²) in [4.78, 5) is 17.6. The first kappa shape index (κ1) is 15.5. The molecule has 2 heterocycles. The van der Waals surface area contributed by atoms with Crippen LogP contribution in [0.5, 0.6) is 0 Å². The normalized spacial score (nSPS) is 12.4. The summed E-state index contributed by atoms with van der Waals surface area (Å²) in [6.07, 6.45) is 2.53. The number of carbonyl (C=O) groups is 1. The van der Waals surface area contributed by atoms with Gasteiger partial charge in [0.05, 0.1) is 24.1 Å². The van der Waals surface area contributed by atoms with Gasteiger partial charge in [-0.3, -0.25) is 9.69 Å². The van der Waals surface area contributed by atoms with E-state index < -0.39 is 11.7 Å². The van der Waals surface area contributed by atoms with Gasteiger partial charge in [0.15, 0.2) is 0 Å². The molecule has 0 saturated carbocycles. The van der Waals surface area contributed by atoms with Crippen molar-refractivity contribution in [1.29, 1.82) is 0 Å². The third-order valence-electron chi connectivity index (χ3n) is 3.00. The molecule has 21 heavy (non-hydrogen) atoms. The van der Waals surface area contributed by atoms with E-state index in [0.717, 1.165) is 18.0 Å². The summed E-state index contributed by atoms with van der Waals surface area (Å²) in [7, 11) is 3.74. The van der Waals surface area contributed by atoms with E-state index in [9.17, 15) is 9.18 Å². The largest absolute Gasteiger partial charge is 0.468 e. The maximum Gasteiger partial charge on any atom is 0.254 e. The fraction of sp³-hybridized carbons (Fsp3) is 0.286. The highest BCUT2D eigenvalue weighted by molar-refractivity contribution is 6.32. The Bertz CT molecular complexity index is 617. The van der Waals surface area contributed by atoms with Crippen LogP contribution in [0.15, 0.2) is 35.1 Å². The predicted molar refractivity (Wildman–Crippen MR) is 76.7 cm³/mol. The van der Waals surface area contributed by atoms with Crippen LogP contribution in [0, 0.1) is 5.82 Å². The molecule has 2 aromatic heterocycles. The molecule has 0 aromatic carbocycles. The first-order chi connectivity index (χ1) is 9.99. The molecule has 1 atom stereocenters. The summed E-state index contributed by atoms with van der Waals surface area (Å²) >= 11 is 5.80. The number of nitrogens with zero attached hydrogens (tertiary/aromatic N) is 2. The second-order valence-corrected chi connectivity index (χ2v) is 5.05. The highest BCUT2D eigenvalue weighted by Crippen LogP contribution is 2.18. The zero-order chi connectivity index (χ0) is 15.4. The Morgan fingerprint density at radius 1 is 1.57 bits per heavy atom. The molecule has 2 rings (SSSR count). The van der Waals surface area contributed by atoms with Gasteiger partial charge in [-0.1, -0.05) is 11.6 Å². The Kier molecular flexibility index (Phi) is 4.93. The molecule has 0 aliphatic carbocycles. The Morgan fingerprint density at radius 3 is 2.95 bits per heavy atom. The van der Waals surface area contributed by atoms with Gasteiger partial charge in [0.2, 0.25) is 0 Å². The van der Waals surface area contributed by atoms with Crippen molar-refractivity contribution in [2.75, 3.05) is 20.6 Å². The van der Waals surface area contributed by atoms with Gasteiger partial charge in [-0.2, -0.15) is 0 Å². The van der Waals surface area contributed by atoms with Gasteiger partial charge in [0.25, 0.3) is 5.91 Å². The third-order valence-corrected chi connectivity index (χ3v) is 3.30. The molecule has 0 bridgehead atoms. The van der Waals surface area contributed by atoms with Gasteiger partial charge in [-0.05, 0) is 32.3 Å². The Labute approximate surface area is 126 Å². The van der Waals surface area contributed by atoms with Crippen LogP contribution in [0.1, 0.15) is 22.2 Å². The molecule has 1 amide bonds. The predicted octanol–water partition coefficient (Wildman–Crippen LogP) is 2.50. The van der Waals surface area contributed by atoms with E-state index in [2.05, 4.69) is 10.3 Å². The van der Waals surface area contributed by atoms with Crippen molar-refractivity contribution in [3.8, 4) is 0 Å². The highest BCUT2D eigenvalue weighted by Gasteiger charge is 2.19. The number of rotatable bonds is 5. The van der Waals surface area contributed by atoms with Gasteiger partial charge in [0, 0.05) is 6.54 Å². The SMILES string of the molecule is CN(C)C(CNC(=O)c1cc(F)cnc1Cl)c1ccco1. The van der Waals surface area contributed by atoms with Crippen LogP contribution in [0.4, 0.5) is 4.39 Å². The Hall–Kier alpha value is -1.92. The lowest BCUT2D eigenvalue weighted by molar-refractivity contribution is 0.0938. The second kappa shape index (κ2) is 6.69. The van der Waals surface area contributed by atoms with Gasteiger partial charge < -0.3 is 9.73 Å². The number of amides is 1. The molecule has 0 aliphatic rings. The van der Waals surface area contributed by atoms with Crippen molar-refractivity contribution < 1.29 is 13.6 Å². The summed E-state index contributed by atoms with van der Waals surface area (Å²) in [5, 5.41) is 2.67. The monoisotopic (exact) mass is 311 g/mol. The van der Waals surface area contributed by atoms with E-state index in [1.54, 1.807) is 12.3 Å². The number of aromatic nitrogens is 1. The van der Waals surface area contributed by atoms with Crippen molar-refractivity contribution in [1.82, 2.24) is 15.2 Å². The fourth-order valence-corrected chi connectivity index (χ4v) is 2.07. The lowest BCUT2D eigenvalue weighted by Gasteiger charge is -2.22. The molecule has 5 nitrogen and oxygen atoms in total. The fourth-order valence-electron chi connectivity index (χ4n) is 1.88. The number of likely N-dealkylation sites (N-methyl/N-ethyl adjacent to an activating group) is 1. The first-order valence-electron chi connectivity index (χ1n) is 6.28. The number of carbonyl (C=O) groups excluding carboxylic acids is 1. The van der Waals surface area contributed by atoms with Crippen molar-refractivity contribution in [2.24, 2.45) is 0 Å². The molecule has 2 aromatic rings. The maximum atomic E-state index is 13.1. The topological polar surface area (TPSA) is 58.4 Å². The number of furan rings is 1. The third kappa shape index (κ3) is 3.80. The zero-order valence-electron chi connectivity index (χ0n) is 11.6. The molecule has 112 valence electrons. The summed E-state index contributed by atoms with van der Waals surface area (Å²) in [5.74, 6) is -0.367. The molecule has 1 unspecified atom stereocenters. The maximum absolute atomic E-state index is 13.1. The molecular weight excluding hydrogens is 297 g/mol. The van der Waals surface area contributed by atoms with E-state index in [1.807, 2.05) is 25.1 Å². The number of hydrogen-bond donors (Lipinski definition) is 1. The summed E-state index contributed by atoms with van der Waals surface area (Å²) in [5.41, 5.74) is 0.00798. The van der Waals surface area contributed by atoms with Crippen LogP contribution in [-0.4, -0.2) is 36.4 Å². The highest BCUT2D eigenvalue weighted by atomic mass is 35.5. The van der Waals surface area contributed by atoms with Crippen LogP contribution in [-0.2, 0) is 0 Å². The van der Waals surface area contributed by atoms with E-state index >= 15 is 0 Å². The molecule has 0 aliphatic heterocycles. The minimum absolute atomic E-state index is 0.00798. The molecule has 0 fully saturated rings. The van der Waals surface area contributed by atoms with E-state index in [4.69, 9.17) is 16.0 Å². The molecule has 1 N–H and O–H groups in total. The van der Waals surface area contributed by atoms with E-state index in [0.29, 0.717) is 6.54 Å². The van der Waals surface area contributed by atoms with Crippen molar-refractivity contribution in [2.45, 2.75) is 6.04 Å². The molecule has 0 saturated heterocycles. The quantitative estimate of drug-likeness (QED) is 0.862. The Balaban J connectivity index is 2.07. The summed E-state index contributed by atoms with van der Waals surface area (Å²) < 4.78 is 18.5. The van der Waals surface area contributed by atoms with Crippen molar-refractivity contribution in [3.05, 3.63) is 53.0 Å². The van der Waals surface area contributed by atoms with Crippen LogP contribution >= 0.6 is 11.6 Å².